The highest BCUT2D eigenvalue weighted by Crippen LogP contribution is 2.34. The summed E-state index contributed by atoms with van der Waals surface area (Å²) in [5.41, 5.74) is 0. The van der Waals surface area contributed by atoms with Crippen LogP contribution in [0.15, 0.2) is 0 Å². The largest absolute Gasteiger partial charge is 0.297 e. The number of rotatable bonds is 0. The van der Waals surface area contributed by atoms with E-state index in [1.807, 2.05) is 0 Å². The Morgan fingerprint density at radius 2 is 1.46 bits per heavy atom. The molecule has 2 saturated heterocycles. The molecule has 2 rings (SSSR count). The van der Waals surface area contributed by atoms with Gasteiger partial charge in [-0.15, -0.1) is 0 Å². The van der Waals surface area contributed by atoms with Crippen LogP contribution in [0.1, 0.15) is 40.0 Å². The monoisotopic (exact) mass is 181 g/mol. The first kappa shape index (κ1) is 9.51. The third kappa shape index (κ3) is 2.07. The lowest BCUT2D eigenvalue weighted by Crippen LogP contribution is -2.12. The highest BCUT2D eigenvalue weighted by Gasteiger charge is 2.38. The lowest BCUT2D eigenvalue weighted by Gasteiger charge is -2.19. The van der Waals surface area contributed by atoms with Crippen molar-refractivity contribution in [3.63, 3.8) is 0 Å². The molecule has 5 atom stereocenters. The van der Waals surface area contributed by atoms with Gasteiger partial charge in [-0.1, -0.05) is 27.2 Å². The Bertz CT molecular complexity index is 172. The Kier molecular flexibility index (Phi) is 2.64. The summed E-state index contributed by atoms with van der Waals surface area (Å²) < 4.78 is 0. The topological polar surface area (TPSA) is 3.01 Å². The van der Waals surface area contributed by atoms with E-state index < -0.39 is 0 Å². The van der Waals surface area contributed by atoms with Gasteiger partial charge >= 0.3 is 0 Å². The first-order chi connectivity index (χ1) is 6.18. The van der Waals surface area contributed by atoms with Crippen molar-refractivity contribution in [2.45, 2.75) is 46.1 Å². The second-order valence-electron chi connectivity index (χ2n) is 5.36. The quantitative estimate of drug-likeness (QED) is 0.519. The molecule has 0 spiro atoms. The van der Waals surface area contributed by atoms with Crippen molar-refractivity contribution in [3.05, 3.63) is 0 Å². The summed E-state index contributed by atoms with van der Waals surface area (Å²) in [6.45, 7) is 10.1. The van der Waals surface area contributed by atoms with Crippen LogP contribution in [0, 0.1) is 17.8 Å². The molecule has 0 saturated carbocycles. The maximum Gasteiger partial charge on any atom is 0.0249 e. The van der Waals surface area contributed by atoms with E-state index in [0.29, 0.717) is 0 Å². The molecule has 0 amide bonds. The van der Waals surface area contributed by atoms with Gasteiger partial charge in [0.15, 0.2) is 0 Å². The Labute approximate surface area is 82.5 Å². The van der Waals surface area contributed by atoms with Crippen LogP contribution in [0.2, 0.25) is 0 Å². The predicted molar refractivity (Wildman–Crippen MR) is 56.7 cm³/mol. The van der Waals surface area contributed by atoms with Crippen molar-refractivity contribution in [1.82, 2.24) is 4.90 Å². The van der Waals surface area contributed by atoms with Gasteiger partial charge in [0, 0.05) is 12.6 Å². The zero-order valence-electron chi connectivity index (χ0n) is 9.29. The fraction of sp³-hybridized carbons (Fsp3) is 1.00. The molecular formula is C12H23N. The van der Waals surface area contributed by atoms with Crippen LogP contribution >= 0.6 is 0 Å². The maximum atomic E-state index is 2.67. The van der Waals surface area contributed by atoms with Crippen molar-refractivity contribution in [2.75, 3.05) is 13.1 Å². The normalized spacial score (nSPS) is 51.5. The zero-order chi connectivity index (χ0) is 9.42. The molecule has 1 heteroatoms. The molecule has 0 aromatic rings. The molecule has 0 radical (unpaired) electrons. The summed E-state index contributed by atoms with van der Waals surface area (Å²) in [7, 11) is 0. The molecule has 0 N–H and O–H groups in total. The van der Waals surface area contributed by atoms with E-state index in [2.05, 4.69) is 25.7 Å². The van der Waals surface area contributed by atoms with Gasteiger partial charge < -0.3 is 0 Å². The number of hydrogen-bond donors (Lipinski definition) is 0. The molecule has 1 nitrogen and oxygen atoms in total. The highest BCUT2D eigenvalue weighted by molar-refractivity contribution is 4.94. The van der Waals surface area contributed by atoms with Gasteiger partial charge in [0.1, 0.15) is 0 Å². The van der Waals surface area contributed by atoms with Gasteiger partial charge in [0.2, 0.25) is 0 Å². The van der Waals surface area contributed by atoms with E-state index >= 15 is 0 Å². The standard InChI is InChI=1S/C12H23N/c1-9-4-5-11(3)12-8-13(12)7-6-10(9)2/h9-12H,4-8H2,1-3H3. The lowest BCUT2D eigenvalue weighted by atomic mass is 9.87. The van der Waals surface area contributed by atoms with Gasteiger partial charge in [-0.25, -0.2) is 0 Å². The van der Waals surface area contributed by atoms with Crippen LogP contribution in [0.4, 0.5) is 0 Å². The molecule has 0 aromatic heterocycles. The third-order valence-corrected chi connectivity index (χ3v) is 4.33. The summed E-state index contributed by atoms with van der Waals surface area (Å²) >= 11 is 0. The Hall–Kier alpha value is -0.0400. The average molecular weight is 181 g/mol. The zero-order valence-corrected chi connectivity index (χ0v) is 9.29. The van der Waals surface area contributed by atoms with Crippen LogP contribution < -0.4 is 0 Å². The van der Waals surface area contributed by atoms with Crippen molar-refractivity contribution < 1.29 is 0 Å². The molecule has 2 aliphatic heterocycles. The Morgan fingerprint density at radius 3 is 2.23 bits per heavy atom. The fourth-order valence-corrected chi connectivity index (χ4v) is 2.65. The van der Waals surface area contributed by atoms with Gasteiger partial charge in [0.25, 0.3) is 0 Å². The molecule has 2 aliphatic rings. The summed E-state index contributed by atoms with van der Waals surface area (Å²) in [6.07, 6.45) is 4.32. The van der Waals surface area contributed by atoms with Crippen LogP contribution in [0.25, 0.3) is 0 Å². The minimum absolute atomic E-state index is 0.937. The fourth-order valence-electron chi connectivity index (χ4n) is 2.65. The van der Waals surface area contributed by atoms with Crippen molar-refractivity contribution in [1.29, 1.82) is 0 Å². The molecule has 2 heterocycles. The first-order valence-corrected chi connectivity index (χ1v) is 5.92. The molecule has 0 aliphatic carbocycles. The van der Waals surface area contributed by atoms with Crippen molar-refractivity contribution in [2.24, 2.45) is 17.8 Å². The third-order valence-electron chi connectivity index (χ3n) is 4.33. The molecule has 0 aromatic carbocycles. The molecule has 2 fully saturated rings. The van der Waals surface area contributed by atoms with Crippen LogP contribution in [0.5, 0.6) is 0 Å². The number of nitrogens with zero attached hydrogens (tertiary/aromatic N) is 1. The van der Waals surface area contributed by atoms with E-state index in [9.17, 15) is 0 Å². The average Bonchev–Trinajstić information content (AvgIpc) is 2.87. The smallest absolute Gasteiger partial charge is 0.0249 e. The van der Waals surface area contributed by atoms with Gasteiger partial charge in [-0.3, -0.25) is 4.90 Å². The molecule has 0 bridgehead atoms. The number of fused-ring (bicyclic) bond motifs is 1. The van der Waals surface area contributed by atoms with Gasteiger partial charge in [-0.05, 0) is 37.1 Å². The van der Waals surface area contributed by atoms with E-state index in [0.717, 1.165) is 23.8 Å². The second-order valence-corrected chi connectivity index (χ2v) is 5.36. The maximum absolute atomic E-state index is 2.67. The summed E-state index contributed by atoms with van der Waals surface area (Å²) in [5.74, 6) is 2.83. The second kappa shape index (κ2) is 3.61. The molecule has 76 valence electrons. The van der Waals surface area contributed by atoms with Gasteiger partial charge in [-0.2, -0.15) is 0 Å². The summed E-state index contributed by atoms with van der Waals surface area (Å²) in [6, 6.07) is 0.956. The SMILES string of the molecule is CC1CCC(C)C2CN2CCC1C. The predicted octanol–water partition coefficient (Wildman–Crippen LogP) is 2.76. The Morgan fingerprint density at radius 1 is 0.846 bits per heavy atom. The van der Waals surface area contributed by atoms with Crippen LogP contribution in [-0.4, -0.2) is 24.0 Å². The van der Waals surface area contributed by atoms with Crippen LogP contribution in [-0.2, 0) is 0 Å². The molecular weight excluding hydrogens is 158 g/mol. The molecule has 13 heavy (non-hydrogen) atoms. The lowest BCUT2D eigenvalue weighted by molar-refractivity contribution is 0.324. The van der Waals surface area contributed by atoms with Gasteiger partial charge in [0.05, 0.1) is 0 Å². The summed E-state index contributed by atoms with van der Waals surface area (Å²) in [5, 5.41) is 0. The highest BCUT2D eigenvalue weighted by atomic mass is 15.3. The van der Waals surface area contributed by atoms with Crippen molar-refractivity contribution in [3.8, 4) is 0 Å². The Balaban J connectivity index is 1.93. The van der Waals surface area contributed by atoms with Crippen LogP contribution in [0.3, 0.4) is 0 Å². The van der Waals surface area contributed by atoms with E-state index in [1.54, 1.807) is 0 Å². The minimum Gasteiger partial charge on any atom is -0.297 e. The first-order valence-electron chi connectivity index (χ1n) is 5.92. The molecule has 5 unspecified atom stereocenters. The van der Waals surface area contributed by atoms with E-state index in [-0.39, 0.29) is 0 Å². The van der Waals surface area contributed by atoms with E-state index in [4.69, 9.17) is 0 Å². The number of hydrogen-bond acceptors (Lipinski definition) is 1. The summed E-state index contributed by atoms with van der Waals surface area (Å²) in [4.78, 5) is 2.67. The van der Waals surface area contributed by atoms with Crippen molar-refractivity contribution >= 4 is 0 Å². The minimum atomic E-state index is 0.937. The van der Waals surface area contributed by atoms with E-state index in [1.165, 1.54) is 32.4 Å².